The quantitative estimate of drug-likeness (QED) is 0.730. The average molecular weight is 252 g/mol. The Hall–Kier alpha value is -0.800. The SMILES string of the molecule is CCCN(CCC)Cc1occc1CNC(C)C. The first-order valence-corrected chi connectivity index (χ1v) is 7.18. The lowest BCUT2D eigenvalue weighted by atomic mass is 10.2. The summed E-state index contributed by atoms with van der Waals surface area (Å²) < 4.78 is 5.64. The second-order valence-corrected chi connectivity index (χ2v) is 5.18. The second kappa shape index (κ2) is 8.33. The van der Waals surface area contributed by atoms with Crippen LogP contribution in [0.3, 0.4) is 0 Å². The lowest BCUT2D eigenvalue weighted by Gasteiger charge is -2.20. The minimum absolute atomic E-state index is 0.509. The molecule has 0 aliphatic heterocycles. The van der Waals surface area contributed by atoms with E-state index in [1.165, 1.54) is 18.4 Å². The smallest absolute Gasteiger partial charge is 0.122 e. The molecule has 0 amide bonds. The summed E-state index contributed by atoms with van der Waals surface area (Å²) in [6.07, 6.45) is 4.20. The minimum atomic E-state index is 0.509. The van der Waals surface area contributed by atoms with Gasteiger partial charge >= 0.3 is 0 Å². The van der Waals surface area contributed by atoms with Gasteiger partial charge < -0.3 is 9.73 Å². The minimum Gasteiger partial charge on any atom is -0.468 e. The van der Waals surface area contributed by atoms with Crippen LogP contribution in [0, 0.1) is 0 Å². The molecular formula is C15H28N2O. The molecule has 1 aromatic rings. The molecular weight excluding hydrogens is 224 g/mol. The Bertz CT molecular complexity index is 314. The van der Waals surface area contributed by atoms with Crippen LogP contribution in [0.15, 0.2) is 16.7 Å². The normalized spacial score (nSPS) is 11.7. The predicted molar refractivity (Wildman–Crippen MR) is 76.5 cm³/mol. The summed E-state index contributed by atoms with van der Waals surface area (Å²) in [5, 5.41) is 3.45. The van der Waals surface area contributed by atoms with Crippen LogP contribution < -0.4 is 5.32 Å². The van der Waals surface area contributed by atoms with Crippen molar-refractivity contribution in [2.24, 2.45) is 0 Å². The molecule has 0 bridgehead atoms. The zero-order valence-electron chi connectivity index (χ0n) is 12.3. The van der Waals surface area contributed by atoms with Gasteiger partial charge in [-0.25, -0.2) is 0 Å². The summed E-state index contributed by atoms with van der Waals surface area (Å²) in [6.45, 7) is 12.9. The first-order valence-electron chi connectivity index (χ1n) is 7.18. The lowest BCUT2D eigenvalue weighted by molar-refractivity contribution is 0.243. The molecule has 0 saturated carbocycles. The lowest BCUT2D eigenvalue weighted by Crippen LogP contribution is -2.26. The van der Waals surface area contributed by atoms with E-state index in [2.05, 4.69) is 44.0 Å². The molecule has 0 aliphatic carbocycles. The summed E-state index contributed by atoms with van der Waals surface area (Å²) in [5.74, 6) is 1.12. The molecule has 0 spiro atoms. The molecule has 1 aromatic heterocycles. The van der Waals surface area contributed by atoms with Crippen molar-refractivity contribution >= 4 is 0 Å². The van der Waals surface area contributed by atoms with E-state index in [-0.39, 0.29) is 0 Å². The Labute approximate surface area is 112 Å². The number of furan rings is 1. The molecule has 3 nitrogen and oxygen atoms in total. The molecule has 1 heterocycles. The Morgan fingerprint density at radius 1 is 1.22 bits per heavy atom. The first-order chi connectivity index (χ1) is 8.67. The molecule has 104 valence electrons. The van der Waals surface area contributed by atoms with Crippen LogP contribution in [-0.4, -0.2) is 24.0 Å². The van der Waals surface area contributed by atoms with Crippen LogP contribution in [0.4, 0.5) is 0 Å². The highest BCUT2D eigenvalue weighted by Gasteiger charge is 2.11. The maximum atomic E-state index is 5.64. The molecule has 18 heavy (non-hydrogen) atoms. The van der Waals surface area contributed by atoms with Crippen molar-refractivity contribution in [3.63, 3.8) is 0 Å². The Balaban J connectivity index is 2.56. The van der Waals surface area contributed by atoms with Crippen LogP contribution in [0.1, 0.15) is 51.9 Å². The Morgan fingerprint density at radius 2 is 1.89 bits per heavy atom. The van der Waals surface area contributed by atoms with E-state index in [0.717, 1.165) is 31.9 Å². The van der Waals surface area contributed by atoms with Gasteiger partial charge in [0.2, 0.25) is 0 Å². The van der Waals surface area contributed by atoms with Crippen molar-refractivity contribution < 1.29 is 4.42 Å². The highest BCUT2D eigenvalue weighted by molar-refractivity contribution is 5.16. The van der Waals surface area contributed by atoms with E-state index in [1.54, 1.807) is 0 Å². The van der Waals surface area contributed by atoms with E-state index >= 15 is 0 Å². The molecule has 0 radical (unpaired) electrons. The fourth-order valence-electron chi connectivity index (χ4n) is 2.08. The number of hydrogen-bond donors (Lipinski definition) is 1. The van der Waals surface area contributed by atoms with Crippen molar-refractivity contribution in [2.75, 3.05) is 13.1 Å². The molecule has 3 heteroatoms. The Kier molecular flexibility index (Phi) is 7.06. The van der Waals surface area contributed by atoms with Gasteiger partial charge in [0.25, 0.3) is 0 Å². The fourth-order valence-corrected chi connectivity index (χ4v) is 2.08. The predicted octanol–water partition coefficient (Wildman–Crippen LogP) is 3.40. The van der Waals surface area contributed by atoms with Gasteiger partial charge in [-0.3, -0.25) is 4.90 Å². The van der Waals surface area contributed by atoms with E-state index < -0.39 is 0 Å². The standard InChI is InChI=1S/C15H28N2O/c1-5-8-17(9-6-2)12-15-14(7-10-18-15)11-16-13(3)4/h7,10,13,16H,5-6,8-9,11-12H2,1-4H3. The highest BCUT2D eigenvalue weighted by atomic mass is 16.3. The van der Waals surface area contributed by atoms with Gasteiger partial charge in [-0.2, -0.15) is 0 Å². The van der Waals surface area contributed by atoms with Crippen LogP contribution in [0.2, 0.25) is 0 Å². The van der Waals surface area contributed by atoms with Gasteiger partial charge in [0.15, 0.2) is 0 Å². The van der Waals surface area contributed by atoms with Crippen molar-refractivity contribution in [2.45, 2.75) is 59.7 Å². The van der Waals surface area contributed by atoms with Gasteiger partial charge in [0.1, 0.15) is 5.76 Å². The van der Waals surface area contributed by atoms with Gasteiger partial charge in [0.05, 0.1) is 12.8 Å². The highest BCUT2D eigenvalue weighted by Crippen LogP contribution is 2.14. The van der Waals surface area contributed by atoms with Gasteiger partial charge in [-0.1, -0.05) is 27.7 Å². The molecule has 0 fully saturated rings. The van der Waals surface area contributed by atoms with E-state index in [0.29, 0.717) is 6.04 Å². The fraction of sp³-hybridized carbons (Fsp3) is 0.733. The number of nitrogens with one attached hydrogen (secondary N) is 1. The molecule has 0 unspecified atom stereocenters. The maximum Gasteiger partial charge on any atom is 0.122 e. The maximum absolute atomic E-state index is 5.64. The first kappa shape index (κ1) is 15.3. The Morgan fingerprint density at radius 3 is 2.44 bits per heavy atom. The molecule has 0 atom stereocenters. The summed E-state index contributed by atoms with van der Waals surface area (Å²) in [5.41, 5.74) is 1.29. The van der Waals surface area contributed by atoms with Crippen molar-refractivity contribution in [3.8, 4) is 0 Å². The third-order valence-corrected chi connectivity index (χ3v) is 2.99. The van der Waals surface area contributed by atoms with Gasteiger partial charge in [0, 0.05) is 18.2 Å². The summed E-state index contributed by atoms with van der Waals surface area (Å²) >= 11 is 0. The van der Waals surface area contributed by atoms with Crippen LogP contribution in [0.25, 0.3) is 0 Å². The molecule has 1 rings (SSSR count). The third-order valence-electron chi connectivity index (χ3n) is 2.99. The molecule has 1 N–H and O–H groups in total. The zero-order valence-corrected chi connectivity index (χ0v) is 12.3. The van der Waals surface area contributed by atoms with Crippen LogP contribution in [0.5, 0.6) is 0 Å². The average Bonchev–Trinajstić information content (AvgIpc) is 2.74. The second-order valence-electron chi connectivity index (χ2n) is 5.18. The van der Waals surface area contributed by atoms with Crippen molar-refractivity contribution in [3.05, 3.63) is 23.7 Å². The van der Waals surface area contributed by atoms with Gasteiger partial charge in [-0.05, 0) is 32.0 Å². The topological polar surface area (TPSA) is 28.4 Å². The summed E-state index contributed by atoms with van der Waals surface area (Å²) in [7, 11) is 0. The van der Waals surface area contributed by atoms with Crippen molar-refractivity contribution in [1.29, 1.82) is 0 Å². The number of rotatable bonds is 9. The van der Waals surface area contributed by atoms with E-state index in [1.807, 2.05) is 6.26 Å². The molecule has 0 aromatic carbocycles. The van der Waals surface area contributed by atoms with E-state index in [4.69, 9.17) is 4.42 Å². The van der Waals surface area contributed by atoms with Gasteiger partial charge in [-0.15, -0.1) is 0 Å². The molecule has 0 aliphatic rings. The summed E-state index contributed by atoms with van der Waals surface area (Å²) in [6, 6.07) is 2.59. The van der Waals surface area contributed by atoms with Crippen LogP contribution >= 0.6 is 0 Å². The molecule has 0 saturated heterocycles. The summed E-state index contributed by atoms with van der Waals surface area (Å²) in [4.78, 5) is 2.47. The largest absolute Gasteiger partial charge is 0.468 e. The van der Waals surface area contributed by atoms with Crippen molar-refractivity contribution in [1.82, 2.24) is 10.2 Å². The monoisotopic (exact) mass is 252 g/mol. The number of hydrogen-bond acceptors (Lipinski definition) is 3. The van der Waals surface area contributed by atoms with E-state index in [9.17, 15) is 0 Å². The third kappa shape index (κ3) is 5.23. The number of nitrogens with zero attached hydrogens (tertiary/aromatic N) is 1. The van der Waals surface area contributed by atoms with Crippen LogP contribution in [-0.2, 0) is 13.1 Å². The zero-order chi connectivity index (χ0) is 13.4.